The Labute approximate surface area is 213 Å². The van der Waals surface area contributed by atoms with Crippen molar-refractivity contribution in [1.29, 1.82) is 0 Å². The Balaban J connectivity index is 1.99. The van der Waals surface area contributed by atoms with E-state index < -0.39 is 17.7 Å². The molecule has 1 N–H and O–H groups in total. The van der Waals surface area contributed by atoms with Gasteiger partial charge in [0.05, 0.1) is 18.2 Å². The molecule has 0 spiro atoms. The number of ether oxygens (including phenoxy) is 1. The average molecular weight is 499 g/mol. The first-order valence-corrected chi connectivity index (χ1v) is 12.8. The summed E-state index contributed by atoms with van der Waals surface area (Å²) in [7, 11) is 0. The van der Waals surface area contributed by atoms with E-state index in [4.69, 9.17) is 16.3 Å². The standard InChI is InChI=1S/C28H35ClN2O4/c1-4-7-17-35-23-14-9-12-21(19-23)26(32)24-25(20-11-8-13-22(29)18-20)31(28(34)27(24)33)16-10-15-30(5-2)6-3/h8-9,11-14,18-19,25,32H,4-7,10,15-17H2,1-3H3. The lowest BCUT2D eigenvalue weighted by atomic mass is 9.95. The molecular formula is C28H35ClN2O4. The molecule has 1 saturated heterocycles. The van der Waals surface area contributed by atoms with Gasteiger partial charge in [0.2, 0.25) is 0 Å². The van der Waals surface area contributed by atoms with E-state index >= 15 is 0 Å². The quantitative estimate of drug-likeness (QED) is 0.177. The van der Waals surface area contributed by atoms with E-state index in [0.717, 1.165) is 32.5 Å². The summed E-state index contributed by atoms with van der Waals surface area (Å²) in [5.74, 6) is -0.894. The molecule has 1 unspecified atom stereocenters. The fourth-order valence-corrected chi connectivity index (χ4v) is 4.56. The summed E-state index contributed by atoms with van der Waals surface area (Å²) in [5, 5.41) is 11.8. The van der Waals surface area contributed by atoms with Crippen LogP contribution in [-0.2, 0) is 9.59 Å². The van der Waals surface area contributed by atoms with Crippen LogP contribution in [0.25, 0.3) is 5.76 Å². The van der Waals surface area contributed by atoms with Gasteiger partial charge in [-0.25, -0.2) is 0 Å². The van der Waals surface area contributed by atoms with E-state index in [-0.39, 0.29) is 11.3 Å². The van der Waals surface area contributed by atoms with Crippen LogP contribution in [0.15, 0.2) is 54.1 Å². The van der Waals surface area contributed by atoms with Crippen LogP contribution in [0.3, 0.4) is 0 Å². The number of hydrogen-bond donors (Lipinski definition) is 1. The molecule has 0 saturated carbocycles. The number of ketones is 1. The molecule has 1 aliphatic heterocycles. The first kappa shape index (κ1) is 26.8. The SMILES string of the molecule is CCCCOc1cccc(C(O)=C2C(=O)C(=O)N(CCCN(CC)CC)C2c2cccc(Cl)c2)c1. The number of carbonyl (C=O) groups is 2. The van der Waals surface area contributed by atoms with Crippen LogP contribution in [0.1, 0.15) is 57.2 Å². The summed E-state index contributed by atoms with van der Waals surface area (Å²) in [6, 6.07) is 13.4. The van der Waals surface area contributed by atoms with E-state index in [0.29, 0.717) is 41.5 Å². The summed E-state index contributed by atoms with van der Waals surface area (Å²) in [4.78, 5) is 30.2. The number of amides is 1. The predicted octanol–water partition coefficient (Wildman–Crippen LogP) is 5.67. The second-order valence-corrected chi connectivity index (χ2v) is 9.09. The summed E-state index contributed by atoms with van der Waals surface area (Å²) < 4.78 is 5.77. The first-order valence-electron chi connectivity index (χ1n) is 12.4. The first-order chi connectivity index (χ1) is 16.9. The molecule has 0 aromatic heterocycles. The van der Waals surface area contributed by atoms with Crippen LogP contribution in [0.4, 0.5) is 0 Å². The van der Waals surface area contributed by atoms with Gasteiger partial charge in [-0.05, 0) is 62.3 Å². The average Bonchev–Trinajstić information content (AvgIpc) is 3.11. The highest BCUT2D eigenvalue weighted by Gasteiger charge is 2.45. The molecule has 1 aliphatic rings. The van der Waals surface area contributed by atoms with Gasteiger partial charge in [0.1, 0.15) is 11.5 Å². The van der Waals surface area contributed by atoms with Crippen molar-refractivity contribution in [3.8, 4) is 5.75 Å². The van der Waals surface area contributed by atoms with Crippen molar-refractivity contribution in [3.05, 3.63) is 70.3 Å². The van der Waals surface area contributed by atoms with E-state index in [2.05, 4.69) is 25.7 Å². The number of aliphatic hydroxyl groups excluding tert-OH is 1. The molecule has 1 atom stereocenters. The highest BCUT2D eigenvalue weighted by molar-refractivity contribution is 6.46. The molecule has 35 heavy (non-hydrogen) atoms. The van der Waals surface area contributed by atoms with E-state index in [1.165, 1.54) is 0 Å². The molecule has 0 aliphatic carbocycles. The van der Waals surface area contributed by atoms with Crippen LogP contribution in [0, 0.1) is 0 Å². The lowest BCUT2D eigenvalue weighted by Gasteiger charge is -2.27. The van der Waals surface area contributed by atoms with Gasteiger partial charge in [0.15, 0.2) is 0 Å². The molecule has 1 fully saturated rings. The van der Waals surface area contributed by atoms with Gasteiger partial charge in [0.25, 0.3) is 11.7 Å². The zero-order valence-corrected chi connectivity index (χ0v) is 21.6. The molecule has 3 rings (SSSR count). The molecule has 0 radical (unpaired) electrons. The Morgan fingerprint density at radius 3 is 2.49 bits per heavy atom. The molecule has 1 amide bonds. The third-order valence-corrected chi connectivity index (χ3v) is 6.58. The van der Waals surface area contributed by atoms with E-state index in [1.807, 2.05) is 12.1 Å². The molecule has 2 aromatic carbocycles. The highest BCUT2D eigenvalue weighted by Crippen LogP contribution is 2.40. The largest absolute Gasteiger partial charge is 0.507 e. The number of halogens is 1. The lowest BCUT2D eigenvalue weighted by Crippen LogP contribution is -2.33. The summed E-state index contributed by atoms with van der Waals surface area (Å²) in [6.07, 6.45) is 2.65. The van der Waals surface area contributed by atoms with Crippen LogP contribution in [-0.4, -0.2) is 59.4 Å². The molecule has 0 bridgehead atoms. The van der Waals surface area contributed by atoms with Gasteiger partial charge in [-0.1, -0.05) is 63.1 Å². The Bertz CT molecular complexity index is 1060. The molecule has 6 nitrogen and oxygen atoms in total. The Kier molecular flexibility index (Phi) is 9.75. The number of Topliss-reactive ketones (excluding diaryl/α,β-unsaturated/α-hetero) is 1. The number of carbonyl (C=O) groups excluding carboxylic acids is 2. The van der Waals surface area contributed by atoms with E-state index in [9.17, 15) is 14.7 Å². The highest BCUT2D eigenvalue weighted by atomic mass is 35.5. The van der Waals surface area contributed by atoms with Crippen molar-refractivity contribution < 1.29 is 19.4 Å². The summed E-state index contributed by atoms with van der Waals surface area (Å²) in [5.41, 5.74) is 1.20. The summed E-state index contributed by atoms with van der Waals surface area (Å²) >= 11 is 6.26. The van der Waals surface area contributed by atoms with Gasteiger partial charge >= 0.3 is 0 Å². The maximum Gasteiger partial charge on any atom is 0.295 e. The number of rotatable bonds is 12. The number of nitrogens with zero attached hydrogens (tertiary/aromatic N) is 2. The third-order valence-electron chi connectivity index (χ3n) is 6.35. The van der Waals surface area contributed by atoms with Gasteiger partial charge < -0.3 is 19.6 Å². The third kappa shape index (κ3) is 6.44. The van der Waals surface area contributed by atoms with Crippen LogP contribution in [0.5, 0.6) is 5.75 Å². The fourth-order valence-electron chi connectivity index (χ4n) is 4.36. The zero-order valence-electron chi connectivity index (χ0n) is 20.8. The van der Waals surface area contributed by atoms with Crippen molar-refractivity contribution in [2.45, 2.75) is 46.1 Å². The molecule has 2 aromatic rings. The van der Waals surface area contributed by atoms with Gasteiger partial charge in [-0.2, -0.15) is 0 Å². The number of aliphatic hydroxyl groups is 1. The topological polar surface area (TPSA) is 70.1 Å². The Hall–Kier alpha value is -2.83. The van der Waals surface area contributed by atoms with Gasteiger partial charge in [0, 0.05) is 17.1 Å². The van der Waals surface area contributed by atoms with Gasteiger partial charge in [-0.3, -0.25) is 9.59 Å². The molecule has 1 heterocycles. The van der Waals surface area contributed by atoms with Crippen LogP contribution < -0.4 is 4.74 Å². The smallest absolute Gasteiger partial charge is 0.295 e. The Morgan fingerprint density at radius 2 is 1.80 bits per heavy atom. The summed E-state index contributed by atoms with van der Waals surface area (Å²) in [6.45, 7) is 9.91. The van der Waals surface area contributed by atoms with E-state index in [1.54, 1.807) is 41.3 Å². The number of benzene rings is 2. The van der Waals surface area contributed by atoms with Crippen LogP contribution in [0.2, 0.25) is 5.02 Å². The van der Waals surface area contributed by atoms with Gasteiger partial charge in [-0.15, -0.1) is 0 Å². The van der Waals surface area contributed by atoms with Crippen molar-refractivity contribution in [1.82, 2.24) is 9.80 Å². The predicted molar refractivity (Wildman–Crippen MR) is 140 cm³/mol. The number of likely N-dealkylation sites (tertiary alicyclic amines) is 1. The lowest BCUT2D eigenvalue weighted by molar-refractivity contribution is -0.140. The zero-order chi connectivity index (χ0) is 25.4. The maximum absolute atomic E-state index is 13.2. The minimum Gasteiger partial charge on any atom is -0.507 e. The Morgan fingerprint density at radius 1 is 1.06 bits per heavy atom. The van der Waals surface area contributed by atoms with Crippen molar-refractivity contribution in [3.63, 3.8) is 0 Å². The monoisotopic (exact) mass is 498 g/mol. The molecule has 7 heteroatoms. The molecular weight excluding hydrogens is 464 g/mol. The number of hydrogen-bond acceptors (Lipinski definition) is 5. The molecule has 188 valence electrons. The van der Waals surface area contributed by atoms with Crippen molar-refractivity contribution in [2.24, 2.45) is 0 Å². The minimum atomic E-state index is -0.713. The van der Waals surface area contributed by atoms with Crippen molar-refractivity contribution in [2.75, 3.05) is 32.8 Å². The fraction of sp³-hybridized carbons (Fsp3) is 0.429. The van der Waals surface area contributed by atoms with Crippen LogP contribution >= 0.6 is 11.6 Å². The number of unbranched alkanes of at least 4 members (excludes halogenated alkanes) is 1. The minimum absolute atomic E-state index is 0.0748. The maximum atomic E-state index is 13.2. The van der Waals surface area contributed by atoms with Crippen molar-refractivity contribution >= 4 is 29.1 Å². The second kappa shape index (κ2) is 12.8. The normalized spacial score (nSPS) is 17.4. The second-order valence-electron chi connectivity index (χ2n) is 8.66.